The smallest absolute Gasteiger partial charge is 0.357 e. The Morgan fingerprint density at radius 1 is 1.58 bits per heavy atom. The lowest BCUT2D eigenvalue weighted by Crippen LogP contribution is -2.30. The van der Waals surface area contributed by atoms with E-state index < -0.39 is 18.2 Å². The Kier molecular flexibility index (Phi) is 6.56. The van der Waals surface area contributed by atoms with Crippen LogP contribution in [0.2, 0.25) is 0 Å². The van der Waals surface area contributed by atoms with Crippen molar-refractivity contribution >= 4 is 29.6 Å². The Hall–Kier alpha value is -1.67. The van der Waals surface area contributed by atoms with Crippen molar-refractivity contribution in [1.82, 2.24) is 10.3 Å². The summed E-state index contributed by atoms with van der Waals surface area (Å²) >= 11 is 4.72. The average molecular weight is 350 g/mol. The van der Waals surface area contributed by atoms with Crippen LogP contribution in [-0.4, -0.2) is 45.7 Å². The van der Waals surface area contributed by atoms with Gasteiger partial charge in [0.15, 0.2) is 0 Å². The molecule has 2 rings (SSSR count). The van der Waals surface area contributed by atoms with Gasteiger partial charge in [0.05, 0.1) is 11.8 Å². The Labute approximate surface area is 146 Å². The van der Waals surface area contributed by atoms with E-state index in [4.69, 9.17) is 17.0 Å². The van der Waals surface area contributed by atoms with Crippen LogP contribution in [0, 0.1) is 0 Å². The summed E-state index contributed by atoms with van der Waals surface area (Å²) in [6, 6.07) is 1.52. The van der Waals surface area contributed by atoms with Crippen LogP contribution in [0.4, 0.5) is 0 Å². The molecule has 0 saturated carbocycles. The summed E-state index contributed by atoms with van der Waals surface area (Å²) in [5.74, 6) is -0.585. The number of carbonyl (C=O) groups is 1. The molecular weight excluding hydrogens is 328 g/mol. The predicted molar refractivity (Wildman–Crippen MR) is 94.9 cm³/mol. The average Bonchev–Trinajstić information content (AvgIpc) is 2.54. The number of rotatable bonds is 7. The van der Waals surface area contributed by atoms with E-state index in [-0.39, 0.29) is 11.8 Å². The van der Waals surface area contributed by atoms with Crippen molar-refractivity contribution in [3.05, 3.63) is 34.7 Å². The van der Waals surface area contributed by atoms with Crippen molar-refractivity contribution < 1.29 is 19.7 Å². The number of carbonyl (C=O) groups excluding carboxylic acids is 1. The van der Waals surface area contributed by atoms with Gasteiger partial charge in [0, 0.05) is 18.7 Å². The van der Waals surface area contributed by atoms with E-state index in [0.717, 1.165) is 0 Å². The number of pyridine rings is 1. The highest BCUT2D eigenvalue weighted by Gasteiger charge is 2.24. The van der Waals surface area contributed by atoms with Crippen molar-refractivity contribution in [2.45, 2.75) is 38.6 Å². The van der Waals surface area contributed by atoms with Crippen molar-refractivity contribution in [1.29, 1.82) is 0 Å². The first kappa shape index (κ1) is 18.7. The van der Waals surface area contributed by atoms with Gasteiger partial charge in [-0.3, -0.25) is 0 Å². The number of hydrogen-bond donors (Lipinski definition) is 3. The first-order chi connectivity index (χ1) is 11.4. The SMILES string of the molecule is CC(CNCC=S)OC(=O)c1cc(C(C)O)c2c(n1)C(O)CC=C2. The highest BCUT2D eigenvalue weighted by Crippen LogP contribution is 2.32. The van der Waals surface area contributed by atoms with Gasteiger partial charge in [-0.15, -0.1) is 0 Å². The Morgan fingerprint density at radius 3 is 3.00 bits per heavy atom. The molecule has 0 bridgehead atoms. The van der Waals surface area contributed by atoms with Crippen LogP contribution in [0.1, 0.15) is 59.8 Å². The van der Waals surface area contributed by atoms with Gasteiger partial charge in [-0.2, -0.15) is 0 Å². The molecule has 3 unspecified atom stereocenters. The first-order valence-corrected chi connectivity index (χ1v) is 8.34. The number of fused-ring (bicyclic) bond motifs is 1. The summed E-state index contributed by atoms with van der Waals surface area (Å²) in [5.41, 5.74) is 1.69. The molecule has 0 amide bonds. The van der Waals surface area contributed by atoms with Crippen molar-refractivity contribution in [3.8, 4) is 0 Å². The maximum Gasteiger partial charge on any atom is 0.357 e. The van der Waals surface area contributed by atoms with Crippen molar-refractivity contribution in [2.24, 2.45) is 0 Å². The van der Waals surface area contributed by atoms with Gasteiger partial charge in [-0.05, 0) is 37.3 Å². The van der Waals surface area contributed by atoms with Gasteiger partial charge < -0.3 is 20.3 Å². The molecule has 0 radical (unpaired) electrons. The number of aromatic nitrogens is 1. The van der Waals surface area contributed by atoms with E-state index >= 15 is 0 Å². The molecule has 3 atom stereocenters. The third-order valence-corrected chi connectivity index (χ3v) is 3.87. The normalized spacial score (nSPS) is 18.6. The minimum atomic E-state index is -0.795. The molecule has 24 heavy (non-hydrogen) atoms. The van der Waals surface area contributed by atoms with Crippen LogP contribution in [-0.2, 0) is 4.74 Å². The summed E-state index contributed by atoms with van der Waals surface area (Å²) in [6.45, 7) is 4.40. The first-order valence-electron chi connectivity index (χ1n) is 7.86. The quantitative estimate of drug-likeness (QED) is 0.392. The number of aliphatic hydroxyl groups excluding tert-OH is 2. The number of hydrogen-bond acceptors (Lipinski definition) is 7. The van der Waals surface area contributed by atoms with Crippen LogP contribution in [0.25, 0.3) is 6.08 Å². The molecule has 0 saturated heterocycles. The number of thiocarbonyl (C=S) groups is 1. The number of nitrogens with zero attached hydrogens (tertiary/aromatic N) is 1. The Bertz CT molecular complexity index is 646. The summed E-state index contributed by atoms with van der Waals surface area (Å²) < 4.78 is 5.35. The minimum absolute atomic E-state index is 0.0840. The maximum atomic E-state index is 12.3. The van der Waals surface area contributed by atoms with Crippen LogP contribution in [0.3, 0.4) is 0 Å². The summed E-state index contributed by atoms with van der Waals surface area (Å²) in [6.07, 6.45) is 2.12. The Morgan fingerprint density at radius 2 is 2.33 bits per heavy atom. The molecule has 1 aromatic heterocycles. The third-order valence-electron chi connectivity index (χ3n) is 3.71. The van der Waals surface area contributed by atoms with Gasteiger partial charge in [0.2, 0.25) is 0 Å². The lowest BCUT2D eigenvalue weighted by molar-refractivity contribution is 0.0336. The van der Waals surface area contributed by atoms with Gasteiger partial charge in [0.1, 0.15) is 17.9 Å². The van der Waals surface area contributed by atoms with Crippen molar-refractivity contribution in [2.75, 3.05) is 13.1 Å². The van der Waals surface area contributed by atoms with E-state index in [0.29, 0.717) is 36.3 Å². The molecule has 6 nitrogen and oxygen atoms in total. The van der Waals surface area contributed by atoms with Crippen LogP contribution < -0.4 is 5.32 Å². The molecule has 0 aromatic carbocycles. The molecule has 130 valence electrons. The molecular formula is C17H22N2O4S. The summed E-state index contributed by atoms with van der Waals surface area (Å²) in [4.78, 5) is 16.6. The highest BCUT2D eigenvalue weighted by molar-refractivity contribution is 7.79. The molecule has 1 aliphatic carbocycles. The monoisotopic (exact) mass is 350 g/mol. The van der Waals surface area contributed by atoms with Gasteiger partial charge >= 0.3 is 5.97 Å². The minimum Gasteiger partial charge on any atom is -0.457 e. The van der Waals surface area contributed by atoms with E-state index in [1.54, 1.807) is 19.2 Å². The zero-order valence-electron chi connectivity index (χ0n) is 13.7. The van der Waals surface area contributed by atoms with E-state index in [9.17, 15) is 15.0 Å². The Balaban J connectivity index is 2.22. The topological polar surface area (TPSA) is 91.7 Å². The molecule has 1 heterocycles. The second-order valence-electron chi connectivity index (χ2n) is 5.77. The molecule has 0 fully saturated rings. The molecule has 0 aliphatic heterocycles. The van der Waals surface area contributed by atoms with Gasteiger partial charge in [-0.25, -0.2) is 9.78 Å². The zero-order valence-corrected chi connectivity index (χ0v) is 14.5. The molecule has 0 spiro atoms. The summed E-state index contributed by atoms with van der Waals surface area (Å²) in [5, 5.41) is 24.7. The number of esters is 1. The fourth-order valence-electron chi connectivity index (χ4n) is 2.54. The predicted octanol–water partition coefficient (Wildman–Crippen LogP) is 1.72. The fraction of sp³-hybridized carbons (Fsp3) is 0.471. The van der Waals surface area contributed by atoms with Gasteiger partial charge in [-0.1, -0.05) is 24.4 Å². The van der Waals surface area contributed by atoms with E-state index in [1.807, 2.05) is 12.2 Å². The number of nitrogens with one attached hydrogen (secondary N) is 1. The molecule has 3 N–H and O–H groups in total. The lowest BCUT2D eigenvalue weighted by atomic mass is 9.93. The van der Waals surface area contributed by atoms with E-state index in [2.05, 4.69) is 10.3 Å². The van der Waals surface area contributed by atoms with Gasteiger partial charge in [0.25, 0.3) is 0 Å². The van der Waals surface area contributed by atoms with Crippen molar-refractivity contribution in [3.63, 3.8) is 0 Å². The van der Waals surface area contributed by atoms with Crippen LogP contribution in [0.5, 0.6) is 0 Å². The standard InChI is InChI=1S/C17H22N2O4S/c1-10(9-18-6-7-24)23-17(22)14-8-13(11(2)20)12-4-3-5-15(21)16(12)19-14/h3-4,7-8,10-11,15,18,20-21H,5-6,9H2,1-2H3. The third kappa shape index (κ3) is 4.45. The van der Waals surface area contributed by atoms with Crippen LogP contribution in [0.15, 0.2) is 12.1 Å². The second-order valence-corrected chi connectivity index (χ2v) is 6.10. The number of aliphatic hydroxyl groups is 2. The summed E-state index contributed by atoms with van der Waals surface area (Å²) in [7, 11) is 0. The maximum absolute atomic E-state index is 12.3. The highest BCUT2D eigenvalue weighted by atomic mass is 32.1. The number of ether oxygens (including phenoxy) is 1. The fourth-order valence-corrected chi connectivity index (χ4v) is 2.66. The zero-order chi connectivity index (χ0) is 17.7. The molecule has 7 heteroatoms. The second kappa shape index (κ2) is 8.43. The largest absolute Gasteiger partial charge is 0.457 e. The molecule has 1 aromatic rings. The lowest BCUT2D eigenvalue weighted by Gasteiger charge is -2.21. The van der Waals surface area contributed by atoms with Crippen LogP contribution >= 0.6 is 12.2 Å². The van der Waals surface area contributed by atoms with E-state index in [1.165, 1.54) is 6.07 Å². The molecule has 1 aliphatic rings.